The highest BCUT2D eigenvalue weighted by Gasteiger charge is 2.14. The molecule has 0 atom stereocenters. The van der Waals surface area contributed by atoms with Gasteiger partial charge in [0.25, 0.3) is 0 Å². The summed E-state index contributed by atoms with van der Waals surface area (Å²) in [7, 11) is 0. The van der Waals surface area contributed by atoms with Gasteiger partial charge in [0.05, 0.1) is 0 Å². The van der Waals surface area contributed by atoms with Crippen LogP contribution in [0.5, 0.6) is 11.5 Å². The van der Waals surface area contributed by atoms with E-state index in [-0.39, 0.29) is 19.1 Å². The van der Waals surface area contributed by atoms with Crippen molar-refractivity contribution in [3.05, 3.63) is 48.0 Å². The molecule has 1 aliphatic heterocycles. The van der Waals surface area contributed by atoms with Gasteiger partial charge in [-0.25, -0.2) is 8.78 Å². The van der Waals surface area contributed by atoms with Crippen molar-refractivity contribution in [1.29, 1.82) is 0 Å². The topological polar surface area (TPSA) is 59.6 Å². The largest absolute Gasteiger partial charge is 0.454 e. The molecular weight excluding hydrogens is 306 g/mol. The Balaban J connectivity index is 1.49. The normalized spacial score (nSPS) is 12.1. The maximum Gasteiger partial charge on any atom is 0.231 e. The first-order chi connectivity index (χ1) is 11.1. The van der Waals surface area contributed by atoms with Crippen molar-refractivity contribution in [3.8, 4) is 11.5 Å². The maximum atomic E-state index is 13.0. The molecule has 0 radical (unpaired) electrons. The molecule has 0 aliphatic carbocycles. The lowest BCUT2D eigenvalue weighted by molar-refractivity contribution is -0.115. The minimum Gasteiger partial charge on any atom is -0.454 e. The van der Waals surface area contributed by atoms with Gasteiger partial charge in [0.2, 0.25) is 12.7 Å². The Morgan fingerprint density at radius 3 is 2.61 bits per heavy atom. The van der Waals surface area contributed by atoms with E-state index in [4.69, 9.17) is 9.47 Å². The van der Waals surface area contributed by atoms with Crippen molar-refractivity contribution < 1.29 is 23.0 Å². The molecule has 120 valence electrons. The molecule has 0 saturated heterocycles. The van der Waals surface area contributed by atoms with Gasteiger partial charge in [-0.3, -0.25) is 4.79 Å². The summed E-state index contributed by atoms with van der Waals surface area (Å²) in [6.45, 7) is 0.465. The van der Waals surface area contributed by atoms with Crippen molar-refractivity contribution >= 4 is 17.3 Å². The highest BCUT2D eigenvalue weighted by atomic mass is 19.2. The van der Waals surface area contributed by atoms with Gasteiger partial charge in [0.1, 0.15) is 0 Å². The molecule has 1 amide bonds. The summed E-state index contributed by atoms with van der Waals surface area (Å²) in [5, 5.41) is 5.59. The quantitative estimate of drug-likeness (QED) is 0.888. The molecule has 0 aromatic heterocycles. The van der Waals surface area contributed by atoms with Gasteiger partial charge in [0, 0.05) is 30.4 Å². The number of halogens is 2. The van der Waals surface area contributed by atoms with E-state index in [0.717, 1.165) is 12.1 Å². The van der Waals surface area contributed by atoms with Gasteiger partial charge in [-0.2, -0.15) is 0 Å². The van der Waals surface area contributed by atoms with Crippen LogP contribution >= 0.6 is 0 Å². The monoisotopic (exact) mass is 320 g/mol. The highest BCUT2D eigenvalue weighted by molar-refractivity contribution is 5.91. The molecule has 0 unspecified atom stereocenters. The zero-order valence-electron chi connectivity index (χ0n) is 12.1. The van der Waals surface area contributed by atoms with Crippen LogP contribution in [0.1, 0.15) is 6.42 Å². The summed E-state index contributed by atoms with van der Waals surface area (Å²) in [5.74, 6) is -0.819. The molecule has 5 nitrogen and oxygen atoms in total. The van der Waals surface area contributed by atoms with E-state index in [1.165, 1.54) is 6.07 Å². The highest BCUT2D eigenvalue weighted by Crippen LogP contribution is 2.34. The number of ether oxygens (including phenoxy) is 2. The lowest BCUT2D eigenvalue weighted by Crippen LogP contribution is -2.16. The van der Waals surface area contributed by atoms with Gasteiger partial charge in [-0.1, -0.05) is 0 Å². The lowest BCUT2D eigenvalue weighted by Gasteiger charge is -2.08. The van der Waals surface area contributed by atoms with Crippen LogP contribution < -0.4 is 20.1 Å². The third kappa shape index (κ3) is 3.68. The first kappa shape index (κ1) is 15.1. The SMILES string of the molecule is O=C(CCNc1ccc(F)c(F)c1)Nc1ccc2c(c1)OCO2. The second kappa shape index (κ2) is 6.51. The smallest absolute Gasteiger partial charge is 0.231 e. The summed E-state index contributed by atoms with van der Waals surface area (Å²) in [6.07, 6.45) is 0.174. The van der Waals surface area contributed by atoms with Gasteiger partial charge in [-0.05, 0) is 30.3 Å². The van der Waals surface area contributed by atoms with Gasteiger partial charge >= 0.3 is 0 Å². The molecule has 2 aromatic rings. The third-order valence-electron chi connectivity index (χ3n) is 3.26. The Morgan fingerprint density at radius 2 is 1.78 bits per heavy atom. The Labute approximate surface area is 131 Å². The molecular formula is C16H14F2N2O3. The fraction of sp³-hybridized carbons (Fsp3) is 0.188. The van der Waals surface area contributed by atoms with E-state index < -0.39 is 11.6 Å². The number of fused-ring (bicyclic) bond motifs is 1. The number of hydrogen-bond donors (Lipinski definition) is 2. The molecule has 0 fully saturated rings. The van der Waals surface area contributed by atoms with Crippen molar-refractivity contribution in [2.75, 3.05) is 24.0 Å². The molecule has 1 aliphatic rings. The average molecular weight is 320 g/mol. The molecule has 0 spiro atoms. The first-order valence-electron chi connectivity index (χ1n) is 7.00. The van der Waals surface area contributed by atoms with Gasteiger partial charge in [0.15, 0.2) is 23.1 Å². The standard InChI is InChI=1S/C16H14F2N2O3/c17-12-3-1-10(7-13(12)18)19-6-5-16(21)20-11-2-4-14-15(8-11)23-9-22-14/h1-4,7-8,19H,5-6,9H2,(H,20,21). The number of hydrogen-bond acceptors (Lipinski definition) is 4. The van der Waals surface area contributed by atoms with Crippen molar-refractivity contribution in [2.24, 2.45) is 0 Å². The summed E-state index contributed by atoms with van der Waals surface area (Å²) < 4.78 is 36.3. The van der Waals surface area contributed by atoms with Crippen molar-refractivity contribution in [2.45, 2.75) is 6.42 Å². The minimum absolute atomic E-state index is 0.172. The Bertz CT molecular complexity index is 737. The predicted molar refractivity (Wildman–Crippen MR) is 80.7 cm³/mol. The van der Waals surface area contributed by atoms with Crippen LogP contribution in [0, 0.1) is 11.6 Å². The molecule has 23 heavy (non-hydrogen) atoms. The van der Waals surface area contributed by atoms with Crippen LogP contribution in [0.4, 0.5) is 20.2 Å². The Morgan fingerprint density at radius 1 is 1.00 bits per heavy atom. The zero-order chi connectivity index (χ0) is 16.2. The lowest BCUT2D eigenvalue weighted by atomic mass is 10.2. The Kier molecular flexibility index (Phi) is 4.27. The number of benzene rings is 2. The molecule has 2 aromatic carbocycles. The fourth-order valence-corrected chi connectivity index (χ4v) is 2.12. The second-order valence-electron chi connectivity index (χ2n) is 4.92. The van der Waals surface area contributed by atoms with E-state index in [0.29, 0.717) is 29.4 Å². The number of amides is 1. The van der Waals surface area contributed by atoms with Crippen molar-refractivity contribution in [1.82, 2.24) is 0 Å². The van der Waals surface area contributed by atoms with E-state index in [2.05, 4.69) is 10.6 Å². The maximum absolute atomic E-state index is 13.0. The van der Waals surface area contributed by atoms with Crippen LogP contribution in [0.3, 0.4) is 0 Å². The van der Waals surface area contributed by atoms with E-state index >= 15 is 0 Å². The summed E-state index contributed by atoms with van der Waals surface area (Å²) in [4.78, 5) is 11.9. The Hall–Kier alpha value is -2.83. The molecule has 0 bridgehead atoms. The molecule has 7 heteroatoms. The number of rotatable bonds is 5. The van der Waals surface area contributed by atoms with Crippen LogP contribution in [-0.4, -0.2) is 19.2 Å². The van der Waals surface area contributed by atoms with Crippen LogP contribution in [0.25, 0.3) is 0 Å². The van der Waals surface area contributed by atoms with Crippen LogP contribution in [0.2, 0.25) is 0 Å². The summed E-state index contributed by atoms with van der Waals surface area (Å²) in [6, 6.07) is 8.61. The number of nitrogens with one attached hydrogen (secondary N) is 2. The molecule has 3 rings (SSSR count). The molecule has 1 heterocycles. The first-order valence-corrected chi connectivity index (χ1v) is 7.00. The van der Waals surface area contributed by atoms with E-state index in [1.807, 2.05) is 0 Å². The predicted octanol–water partition coefficient (Wildman–Crippen LogP) is 3.13. The third-order valence-corrected chi connectivity index (χ3v) is 3.26. The van der Waals surface area contributed by atoms with Gasteiger partial charge < -0.3 is 20.1 Å². The van der Waals surface area contributed by atoms with Crippen LogP contribution in [-0.2, 0) is 4.79 Å². The van der Waals surface area contributed by atoms with Crippen molar-refractivity contribution in [3.63, 3.8) is 0 Å². The van der Waals surface area contributed by atoms with Crippen LogP contribution in [0.15, 0.2) is 36.4 Å². The van der Waals surface area contributed by atoms with Gasteiger partial charge in [-0.15, -0.1) is 0 Å². The molecule has 2 N–H and O–H groups in total. The summed E-state index contributed by atoms with van der Waals surface area (Å²) in [5.41, 5.74) is 1.02. The fourth-order valence-electron chi connectivity index (χ4n) is 2.12. The number of carbonyl (C=O) groups is 1. The second-order valence-corrected chi connectivity index (χ2v) is 4.92. The minimum atomic E-state index is -0.931. The van der Waals surface area contributed by atoms with E-state index in [1.54, 1.807) is 18.2 Å². The summed E-state index contributed by atoms with van der Waals surface area (Å²) >= 11 is 0. The number of anilines is 2. The average Bonchev–Trinajstić information content (AvgIpc) is 2.98. The van der Waals surface area contributed by atoms with E-state index in [9.17, 15) is 13.6 Å². The zero-order valence-corrected chi connectivity index (χ0v) is 12.1. The number of carbonyl (C=O) groups excluding carboxylic acids is 1. The molecule has 0 saturated carbocycles.